The quantitative estimate of drug-likeness (QED) is 0.724. The second-order valence-corrected chi connectivity index (χ2v) is 2.45. The van der Waals surface area contributed by atoms with Crippen LogP contribution in [0.15, 0.2) is 30.3 Å². The Morgan fingerprint density at radius 3 is 1.77 bits per heavy atom. The number of benzene rings is 1. The molecular formula is C9H11F3O. The maximum Gasteiger partial charge on any atom is 0.381 e. The predicted molar refractivity (Wildman–Crippen MR) is 44.3 cm³/mol. The molecule has 0 saturated carbocycles. The van der Waals surface area contributed by atoms with Crippen LogP contribution < -0.4 is 0 Å². The first-order chi connectivity index (χ1) is 5.95. The molecule has 0 unspecified atom stereocenters. The average Bonchev–Trinajstić information content (AvgIpc) is 2.06. The third-order valence-corrected chi connectivity index (χ3v) is 1.10. The van der Waals surface area contributed by atoms with Gasteiger partial charge >= 0.3 is 6.11 Å². The van der Waals surface area contributed by atoms with E-state index in [9.17, 15) is 13.2 Å². The zero-order valence-electron chi connectivity index (χ0n) is 7.17. The van der Waals surface area contributed by atoms with E-state index >= 15 is 0 Å². The summed E-state index contributed by atoms with van der Waals surface area (Å²) < 4.78 is 31.8. The van der Waals surface area contributed by atoms with Gasteiger partial charge in [0, 0.05) is 0 Å². The van der Waals surface area contributed by atoms with Gasteiger partial charge in [-0.15, -0.1) is 0 Å². The van der Waals surface area contributed by atoms with Gasteiger partial charge in [0.1, 0.15) is 0 Å². The molecule has 0 aromatic heterocycles. The maximum absolute atomic E-state index is 10.6. The molecule has 0 aliphatic carbocycles. The highest BCUT2D eigenvalue weighted by Gasteiger charge is 2.22. The highest BCUT2D eigenvalue weighted by molar-refractivity contribution is 5.11. The van der Waals surface area contributed by atoms with Crippen molar-refractivity contribution in [1.82, 2.24) is 0 Å². The van der Waals surface area contributed by atoms with Crippen LogP contribution in [0.2, 0.25) is 0 Å². The smallest absolute Gasteiger partial charge is 0.334 e. The molecular weight excluding hydrogens is 181 g/mol. The highest BCUT2D eigenvalue weighted by atomic mass is 19.3. The van der Waals surface area contributed by atoms with Crippen molar-refractivity contribution in [2.24, 2.45) is 0 Å². The maximum atomic E-state index is 10.6. The SMILES string of the molecule is Cc1ccccc1.OC(F)(F)CF. The number of halogens is 3. The van der Waals surface area contributed by atoms with E-state index in [0.717, 1.165) is 0 Å². The van der Waals surface area contributed by atoms with Gasteiger partial charge in [0.2, 0.25) is 0 Å². The van der Waals surface area contributed by atoms with E-state index in [1.807, 2.05) is 18.2 Å². The predicted octanol–water partition coefficient (Wildman–Crippen LogP) is 2.54. The van der Waals surface area contributed by atoms with Gasteiger partial charge in [-0.1, -0.05) is 35.9 Å². The molecule has 0 radical (unpaired) electrons. The molecule has 4 heteroatoms. The van der Waals surface area contributed by atoms with Gasteiger partial charge in [0.25, 0.3) is 0 Å². The first-order valence-electron chi connectivity index (χ1n) is 3.63. The average molecular weight is 192 g/mol. The lowest BCUT2D eigenvalue weighted by Gasteiger charge is -1.97. The van der Waals surface area contributed by atoms with E-state index in [2.05, 4.69) is 19.1 Å². The molecule has 74 valence electrons. The molecule has 0 fully saturated rings. The summed E-state index contributed by atoms with van der Waals surface area (Å²) in [5, 5.41) is 7.12. The Labute approximate surface area is 74.8 Å². The van der Waals surface area contributed by atoms with Crippen LogP contribution in [0.5, 0.6) is 0 Å². The molecule has 0 amide bonds. The van der Waals surface area contributed by atoms with E-state index in [-0.39, 0.29) is 0 Å². The molecule has 0 aliphatic heterocycles. The summed E-state index contributed by atoms with van der Waals surface area (Å²) in [6.07, 6.45) is -4.12. The van der Waals surface area contributed by atoms with Crippen molar-refractivity contribution in [2.45, 2.75) is 13.0 Å². The van der Waals surface area contributed by atoms with Crippen molar-refractivity contribution in [3.63, 3.8) is 0 Å². The molecule has 0 bridgehead atoms. The summed E-state index contributed by atoms with van der Waals surface area (Å²) >= 11 is 0. The first kappa shape index (κ1) is 12.0. The second kappa shape index (κ2) is 5.59. The van der Waals surface area contributed by atoms with Crippen molar-refractivity contribution in [3.8, 4) is 0 Å². The van der Waals surface area contributed by atoms with Gasteiger partial charge in [-0.3, -0.25) is 0 Å². The van der Waals surface area contributed by atoms with E-state index in [4.69, 9.17) is 5.11 Å². The fraction of sp³-hybridized carbons (Fsp3) is 0.333. The van der Waals surface area contributed by atoms with E-state index in [0.29, 0.717) is 0 Å². The fourth-order valence-electron chi connectivity index (χ4n) is 0.534. The Morgan fingerprint density at radius 1 is 1.23 bits per heavy atom. The third-order valence-electron chi connectivity index (χ3n) is 1.10. The van der Waals surface area contributed by atoms with Gasteiger partial charge in [0.15, 0.2) is 6.67 Å². The molecule has 1 aromatic rings. The lowest BCUT2D eigenvalue weighted by molar-refractivity contribution is -0.208. The number of alkyl halides is 3. The van der Waals surface area contributed by atoms with Crippen LogP contribution in [-0.2, 0) is 0 Å². The minimum Gasteiger partial charge on any atom is -0.334 e. The number of rotatable bonds is 1. The molecule has 1 aromatic carbocycles. The van der Waals surface area contributed by atoms with Crippen molar-refractivity contribution >= 4 is 0 Å². The molecule has 0 aliphatic rings. The van der Waals surface area contributed by atoms with Gasteiger partial charge in [-0.2, -0.15) is 8.78 Å². The van der Waals surface area contributed by atoms with Crippen LogP contribution in [0, 0.1) is 6.92 Å². The van der Waals surface area contributed by atoms with Crippen molar-refractivity contribution in [3.05, 3.63) is 35.9 Å². The molecule has 0 saturated heterocycles. The first-order valence-corrected chi connectivity index (χ1v) is 3.63. The summed E-state index contributed by atoms with van der Waals surface area (Å²) in [5.41, 5.74) is 1.32. The third kappa shape index (κ3) is 8.88. The number of hydrogen-bond acceptors (Lipinski definition) is 1. The summed E-state index contributed by atoms with van der Waals surface area (Å²) in [6.45, 7) is 0.0764. The van der Waals surface area contributed by atoms with Gasteiger partial charge in [0.05, 0.1) is 0 Å². The summed E-state index contributed by atoms with van der Waals surface area (Å²) in [7, 11) is 0. The van der Waals surface area contributed by atoms with Crippen molar-refractivity contribution in [1.29, 1.82) is 0 Å². The summed E-state index contributed by atoms with van der Waals surface area (Å²) in [5.74, 6) is 0. The Bertz CT molecular complexity index is 218. The molecule has 0 heterocycles. The lowest BCUT2D eigenvalue weighted by Crippen LogP contribution is -2.15. The lowest BCUT2D eigenvalue weighted by atomic mass is 10.2. The van der Waals surface area contributed by atoms with Crippen molar-refractivity contribution < 1.29 is 18.3 Å². The molecule has 1 N–H and O–H groups in total. The largest absolute Gasteiger partial charge is 0.381 e. The summed E-state index contributed by atoms with van der Waals surface area (Å²) in [4.78, 5) is 0. The normalized spacial score (nSPS) is 10.2. The van der Waals surface area contributed by atoms with Crippen LogP contribution in [-0.4, -0.2) is 17.9 Å². The van der Waals surface area contributed by atoms with Gasteiger partial charge < -0.3 is 5.11 Å². The van der Waals surface area contributed by atoms with Crippen LogP contribution in [0.25, 0.3) is 0 Å². The minimum absolute atomic E-state index is 1.32. The number of aliphatic hydroxyl groups is 1. The number of hydrogen-bond donors (Lipinski definition) is 1. The highest BCUT2D eigenvalue weighted by Crippen LogP contribution is 2.06. The van der Waals surface area contributed by atoms with Crippen LogP contribution in [0.1, 0.15) is 5.56 Å². The zero-order valence-corrected chi connectivity index (χ0v) is 7.17. The standard InChI is InChI=1S/C7H8.C2H3F3O/c1-7-5-3-2-4-6-7;3-1-2(4,5)6/h2-6H,1H3;6H,1H2. The summed E-state index contributed by atoms with van der Waals surface area (Å²) in [6, 6.07) is 10.3. The second-order valence-electron chi connectivity index (χ2n) is 2.45. The molecule has 1 rings (SSSR count). The van der Waals surface area contributed by atoms with Gasteiger partial charge in [-0.05, 0) is 6.92 Å². The molecule has 13 heavy (non-hydrogen) atoms. The van der Waals surface area contributed by atoms with E-state index in [1.54, 1.807) is 0 Å². The topological polar surface area (TPSA) is 20.2 Å². The monoisotopic (exact) mass is 192 g/mol. The van der Waals surface area contributed by atoms with Gasteiger partial charge in [-0.25, -0.2) is 4.39 Å². The Morgan fingerprint density at radius 2 is 1.62 bits per heavy atom. The Kier molecular flexibility index (Phi) is 5.14. The van der Waals surface area contributed by atoms with Crippen LogP contribution in [0.3, 0.4) is 0 Å². The van der Waals surface area contributed by atoms with Crippen LogP contribution in [0.4, 0.5) is 13.2 Å². The molecule has 1 nitrogen and oxygen atoms in total. The fourth-order valence-corrected chi connectivity index (χ4v) is 0.534. The number of aryl methyl sites for hydroxylation is 1. The Hall–Kier alpha value is -1.03. The molecule has 0 spiro atoms. The van der Waals surface area contributed by atoms with Crippen LogP contribution >= 0.6 is 0 Å². The minimum atomic E-state index is -4.12. The van der Waals surface area contributed by atoms with Crippen molar-refractivity contribution in [2.75, 3.05) is 6.67 Å². The molecule has 0 atom stereocenters. The van der Waals surface area contributed by atoms with E-state index in [1.165, 1.54) is 5.56 Å². The Balaban J connectivity index is 0.000000226. The van der Waals surface area contributed by atoms with E-state index < -0.39 is 12.8 Å². The zero-order chi connectivity index (χ0) is 10.3.